The van der Waals surface area contributed by atoms with Gasteiger partial charge in [0, 0.05) is 12.1 Å². The lowest BCUT2D eigenvalue weighted by molar-refractivity contribution is -0.137. The molecule has 7 nitrogen and oxygen atoms in total. The lowest BCUT2D eigenvalue weighted by Crippen LogP contribution is -2.46. The van der Waals surface area contributed by atoms with Crippen LogP contribution >= 0.6 is 0 Å². The summed E-state index contributed by atoms with van der Waals surface area (Å²) in [6.07, 6.45) is -1.09. The molecule has 26 heavy (non-hydrogen) atoms. The lowest BCUT2D eigenvalue weighted by atomic mass is 10.1. The average molecular weight is 362 g/mol. The molecule has 0 fully saturated rings. The van der Waals surface area contributed by atoms with E-state index in [0.29, 0.717) is 5.69 Å². The molecule has 142 valence electrons. The first-order chi connectivity index (χ1) is 12.0. The van der Waals surface area contributed by atoms with Crippen LogP contribution in [0.1, 0.15) is 46.1 Å². The number of carbonyl (C=O) groups is 3. The van der Waals surface area contributed by atoms with Crippen LogP contribution in [-0.4, -0.2) is 34.7 Å². The largest absolute Gasteiger partial charge is 0.481 e. The molecule has 0 unspecified atom stereocenters. The number of hydrogen-bond acceptors (Lipinski definition) is 4. The fraction of sp³-hybridized carbons (Fsp3) is 0.421. The van der Waals surface area contributed by atoms with E-state index in [1.807, 2.05) is 19.1 Å². The summed E-state index contributed by atoms with van der Waals surface area (Å²) in [4.78, 5) is 35.2. The number of amides is 2. The Morgan fingerprint density at radius 2 is 1.77 bits per heavy atom. The van der Waals surface area contributed by atoms with E-state index >= 15 is 0 Å². The van der Waals surface area contributed by atoms with Gasteiger partial charge in [0.2, 0.25) is 5.91 Å². The zero-order valence-electron chi connectivity index (χ0n) is 15.6. The second-order valence-electron chi connectivity index (χ2n) is 6.98. The van der Waals surface area contributed by atoms with Crippen LogP contribution in [0.3, 0.4) is 0 Å². The molecule has 0 spiro atoms. The molecule has 0 aliphatic heterocycles. The maximum atomic E-state index is 12.5. The molecule has 0 aliphatic carbocycles. The molecule has 1 aromatic rings. The molecular weight excluding hydrogens is 336 g/mol. The van der Waals surface area contributed by atoms with Crippen molar-refractivity contribution in [1.82, 2.24) is 5.32 Å². The van der Waals surface area contributed by atoms with E-state index in [-0.39, 0.29) is 12.8 Å². The third-order valence-electron chi connectivity index (χ3n) is 3.30. The van der Waals surface area contributed by atoms with Gasteiger partial charge in [-0.15, -0.1) is 0 Å². The van der Waals surface area contributed by atoms with Gasteiger partial charge in [-0.2, -0.15) is 0 Å². The zero-order valence-corrected chi connectivity index (χ0v) is 15.6. The summed E-state index contributed by atoms with van der Waals surface area (Å²) in [5.41, 5.74) is 1.65. The molecule has 0 saturated carbocycles. The third-order valence-corrected chi connectivity index (χ3v) is 3.30. The van der Waals surface area contributed by atoms with Crippen LogP contribution in [0.4, 0.5) is 10.5 Å². The van der Waals surface area contributed by atoms with Crippen LogP contribution in [0.2, 0.25) is 0 Å². The van der Waals surface area contributed by atoms with Gasteiger partial charge >= 0.3 is 12.1 Å². The van der Waals surface area contributed by atoms with Gasteiger partial charge in [0.05, 0.1) is 0 Å². The van der Waals surface area contributed by atoms with Crippen LogP contribution in [-0.2, 0) is 14.3 Å². The molecule has 0 bridgehead atoms. The van der Waals surface area contributed by atoms with E-state index in [9.17, 15) is 14.4 Å². The first-order valence-electron chi connectivity index (χ1n) is 8.26. The van der Waals surface area contributed by atoms with Crippen molar-refractivity contribution in [3.63, 3.8) is 0 Å². The Balaban J connectivity index is 2.80. The van der Waals surface area contributed by atoms with Crippen LogP contribution in [0.15, 0.2) is 30.8 Å². The number of rotatable bonds is 7. The van der Waals surface area contributed by atoms with Crippen molar-refractivity contribution >= 4 is 29.2 Å². The number of benzene rings is 1. The minimum Gasteiger partial charge on any atom is -0.481 e. The van der Waals surface area contributed by atoms with E-state index in [0.717, 1.165) is 11.1 Å². The molecule has 1 aromatic carbocycles. The molecule has 7 heteroatoms. The Bertz CT molecular complexity index is 674. The van der Waals surface area contributed by atoms with Crippen molar-refractivity contribution in [1.29, 1.82) is 0 Å². The van der Waals surface area contributed by atoms with Gasteiger partial charge in [-0.1, -0.05) is 24.3 Å². The molecule has 0 aliphatic rings. The number of ether oxygens (including phenoxy) is 1. The lowest BCUT2D eigenvalue weighted by Gasteiger charge is -2.23. The topological polar surface area (TPSA) is 105 Å². The Morgan fingerprint density at radius 1 is 1.19 bits per heavy atom. The summed E-state index contributed by atoms with van der Waals surface area (Å²) in [5.74, 6) is -1.57. The van der Waals surface area contributed by atoms with Crippen molar-refractivity contribution < 1.29 is 24.2 Å². The maximum absolute atomic E-state index is 12.5. The standard InChI is InChI=1S/C19H26N2O5/c1-12(2)13-6-8-14(9-7-13)20-17(24)15(10-11-16(22)23)21-18(25)26-19(3,4)5/h6-9,15H,1,10-11H2,2-5H3,(H,20,24)(H,21,25)(H,22,23)/t15-/m0/s1. The highest BCUT2D eigenvalue weighted by Crippen LogP contribution is 2.16. The summed E-state index contributed by atoms with van der Waals surface area (Å²) in [5, 5.41) is 13.9. The molecule has 1 rings (SSSR count). The van der Waals surface area contributed by atoms with Crippen LogP contribution in [0.25, 0.3) is 5.57 Å². The highest BCUT2D eigenvalue weighted by atomic mass is 16.6. The van der Waals surface area contributed by atoms with Crippen LogP contribution < -0.4 is 10.6 Å². The van der Waals surface area contributed by atoms with Gasteiger partial charge in [-0.05, 0) is 51.8 Å². The fourth-order valence-electron chi connectivity index (χ4n) is 2.05. The molecular formula is C19H26N2O5. The van der Waals surface area contributed by atoms with Gasteiger partial charge in [0.25, 0.3) is 0 Å². The number of carboxylic acids is 1. The number of nitrogens with one attached hydrogen (secondary N) is 2. The maximum Gasteiger partial charge on any atom is 0.408 e. The van der Waals surface area contributed by atoms with Crippen LogP contribution in [0, 0.1) is 0 Å². The number of hydrogen-bond donors (Lipinski definition) is 3. The quantitative estimate of drug-likeness (QED) is 0.689. The molecule has 0 saturated heterocycles. The van der Waals surface area contributed by atoms with Crippen molar-refractivity contribution in [2.75, 3.05) is 5.32 Å². The molecule has 2 amide bonds. The number of carbonyl (C=O) groups excluding carboxylic acids is 2. The average Bonchev–Trinajstić information content (AvgIpc) is 2.49. The second-order valence-corrected chi connectivity index (χ2v) is 6.98. The number of aliphatic carboxylic acids is 1. The van der Waals surface area contributed by atoms with Gasteiger partial charge < -0.3 is 20.5 Å². The fourth-order valence-corrected chi connectivity index (χ4v) is 2.05. The molecule has 1 atom stereocenters. The van der Waals surface area contributed by atoms with Crippen LogP contribution in [0.5, 0.6) is 0 Å². The number of allylic oxidation sites excluding steroid dienone is 1. The molecule has 3 N–H and O–H groups in total. The van der Waals surface area contributed by atoms with Gasteiger partial charge in [0.1, 0.15) is 11.6 Å². The van der Waals surface area contributed by atoms with Gasteiger partial charge in [-0.3, -0.25) is 9.59 Å². The highest BCUT2D eigenvalue weighted by Gasteiger charge is 2.25. The summed E-state index contributed by atoms with van der Waals surface area (Å²) in [6.45, 7) is 10.8. The number of alkyl carbamates (subject to hydrolysis) is 1. The highest BCUT2D eigenvalue weighted by molar-refractivity contribution is 5.96. The SMILES string of the molecule is C=C(C)c1ccc(NC(=O)[C@H](CCC(=O)O)NC(=O)OC(C)(C)C)cc1. The van der Waals surface area contributed by atoms with Gasteiger partial charge in [-0.25, -0.2) is 4.79 Å². The number of carboxylic acid groups (broad SMARTS) is 1. The molecule has 0 radical (unpaired) electrons. The van der Waals surface area contributed by atoms with E-state index in [4.69, 9.17) is 9.84 Å². The smallest absolute Gasteiger partial charge is 0.408 e. The van der Waals surface area contributed by atoms with Gasteiger partial charge in [0.15, 0.2) is 0 Å². The summed E-state index contributed by atoms with van der Waals surface area (Å²) in [7, 11) is 0. The van der Waals surface area contributed by atoms with Crippen molar-refractivity contribution in [3.8, 4) is 0 Å². The summed E-state index contributed by atoms with van der Waals surface area (Å²) in [6, 6.07) is 6.02. The summed E-state index contributed by atoms with van der Waals surface area (Å²) < 4.78 is 5.13. The third kappa shape index (κ3) is 7.83. The first-order valence-corrected chi connectivity index (χ1v) is 8.26. The Kier molecular flexibility index (Phi) is 7.37. The molecule has 0 heterocycles. The van der Waals surface area contributed by atoms with E-state index in [1.165, 1.54) is 0 Å². The predicted octanol–water partition coefficient (Wildman–Crippen LogP) is 3.42. The zero-order chi connectivity index (χ0) is 19.9. The van der Waals surface area contributed by atoms with E-state index in [2.05, 4.69) is 17.2 Å². The Morgan fingerprint density at radius 3 is 2.23 bits per heavy atom. The Hall–Kier alpha value is -2.83. The number of anilines is 1. The molecule has 0 aromatic heterocycles. The van der Waals surface area contributed by atoms with Crippen molar-refractivity contribution in [3.05, 3.63) is 36.4 Å². The van der Waals surface area contributed by atoms with E-state index < -0.39 is 29.6 Å². The van der Waals surface area contributed by atoms with E-state index in [1.54, 1.807) is 32.9 Å². The van der Waals surface area contributed by atoms with Crippen molar-refractivity contribution in [2.45, 2.75) is 52.2 Å². The minimum absolute atomic E-state index is 0.0513. The predicted molar refractivity (Wildman–Crippen MR) is 99.8 cm³/mol. The monoisotopic (exact) mass is 362 g/mol. The summed E-state index contributed by atoms with van der Waals surface area (Å²) >= 11 is 0. The normalized spacial score (nSPS) is 12.0. The second kappa shape index (κ2) is 9.03. The van der Waals surface area contributed by atoms with Crippen molar-refractivity contribution in [2.24, 2.45) is 0 Å². The Labute approximate surface area is 153 Å². The first kappa shape index (κ1) is 21.2. The minimum atomic E-state index is -1.06.